The van der Waals surface area contributed by atoms with Gasteiger partial charge in [0.15, 0.2) is 0 Å². The number of anilines is 1. The van der Waals surface area contributed by atoms with E-state index in [1.807, 2.05) is 36.4 Å². The van der Waals surface area contributed by atoms with Crippen molar-refractivity contribution in [2.24, 2.45) is 5.92 Å². The Morgan fingerprint density at radius 3 is 2.50 bits per heavy atom. The average molecular weight is 291 g/mol. The van der Waals surface area contributed by atoms with E-state index in [2.05, 4.69) is 23.1 Å². The first-order chi connectivity index (χ1) is 10.8. The lowest BCUT2D eigenvalue weighted by molar-refractivity contribution is 0.0951. The molecule has 1 amide bonds. The number of benzene rings is 2. The second kappa shape index (κ2) is 5.60. The summed E-state index contributed by atoms with van der Waals surface area (Å²) in [5.74, 6) is 0.779. The number of para-hydroxylation sites is 1. The highest BCUT2D eigenvalue weighted by molar-refractivity contribution is 6.07. The summed E-state index contributed by atoms with van der Waals surface area (Å²) in [5, 5.41) is 0. The number of fused-ring (bicyclic) bond motifs is 2. The molecular formula is C20H21NO. The quantitative estimate of drug-likeness (QED) is 0.760. The Balaban J connectivity index is 1.79. The van der Waals surface area contributed by atoms with Gasteiger partial charge in [0.25, 0.3) is 5.91 Å². The largest absolute Gasteiger partial charge is 0.305 e. The first kappa shape index (κ1) is 13.6. The van der Waals surface area contributed by atoms with E-state index < -0.39 is 0 Å². The molecule has 2 aromatic carbocycles. The van der Waals surface area contributed by atoms with E-state index in [9.17, 15) is 4.79 Å². The molecule has 0 saturated heterocycles. The first-order valence-electron chi connectivity index (χ1n) is 8.31. The molecule has 2 aliphatic rings. The Morgan fingerprint density at radius 1 is 0.909 bits per heavy atom. The van der Waals surface area contributed by atoms with Gasteiger partial charge in [-0.2, -0.15) is 0 Å². The van der Waals surface area contributed by atoms with Gasteiger partial charge in [-0.3, -0.25) is 4.79 Å². The molecule has 2 aromatic rings. The van der Waals surface area contributed by atoms with E-state index in [-0.39, 0.29) is 5.91 Å². The van der Waals surface area contributed by atoms with E-state index in [0.717, 1.165) is 24.1 Å². The molecule has 0 spiro atoms. The van der Waals surface area contributed by atoms with E-state index in [1.54, 1.807) is 0 Å². The van der Waals surface area contributed by atoms with E-state index in [0.29, 0.717) is 12.0 Å². The molecule has 2 atom stereocenters. The van der Waals surface area contributed by atoms with Crippen LogP contribution >= 0.6 is 0 Å². The van der Waals surface area contributed by atoms with Crippen LogP contribution in [0.2, 0.25) is 0 Å². The second-order valence-electron chi connectivity index (χ2n) is 6.49. The molecule has 4 rings (SSSR count). The van der Waals surface area contributed by atoms with Gasteiger partial charge in [0, 0.05) is 17.3 Å². The fraction of sp³-hybridized carbons (Fsp3) is 0.350. The Labute approximate surface area is 131 Å². The zero-order valence-electron chi connectivity index (χ0n) is 12.7. The molecule has 0 radical (unpaired) electrons. The zero-order valence-corrected chi connectivity index (χ0v) is 12.7. The highest BCUT2D eigenvalue weighted by Crippen LogP contribution is 2.41. The maximum atomic E-state index is 13.1. The van der Waals surface area contributed by atoms with E-state index in [1.165, 1.54) is 24.8 Å². The molecule has 1 aliphatic heterocycles. The molecule has 1 saturated carbocycles. The van der Waals surface area contributed by atoms with Gasteiger partial charge < -0.3 is 4.90 Å². The summed E-state index contributed by atoms with van der Waals surface area (Å²) in [6, 6.07) is 18.5. The van der Waals surface area contributed by atoms with Crippen molar-refractivity contribution >= 4 is 11.6 Å². The molecule has 1 fully saturated rings. The number of carbonyl (C=O) groups excluding carboxylic acids is 1. The number of carbonyl (C=O) groups is 1. The van der Waals surface area contributed by atoms with Crippen LogP contribution in [-0.4, -0.2) is 11.9 Å². The summed E-state index contributed by atoms with van der Waals surface area (Å²) in [6.45, 7) is 0. The van der Waals surface area contributed by atoms with Crippen LogP contribution in [0.5, 0.6) is 0 Å². The Hall–Kier alpha value is -2.09. The van der Waals surface area contributed by atoms with Crippen LogP contribution in [0.4, 0.5) is 5.69 Å². The number of hydrogen-bond donors (Lipinski definition) is 0. The fourth-order valence-electron chi connectivity index (χ4n) is 4.13. The number of nitrogens with zero attached hydrogens (tertiary/aromatic N) is 1. The van der Waals surface area contributed by atoms with Crippen molar-refractivity contribution in [1.82, 2.24) is 0 Å². The molecule has 22 heavy (non-hydrogen) atoms. The van der Waals surface area contributed by atoms with E-state index >= 15 is 0 Å². The topological polar surface area (TPSA) is 20.3 Å². The maximum Gasteiger partial charge on any atom is 0.258 e. The van der Waals surface area contributed by atoms with Crippen LogP contribution in [0.15, 0.2) is 54.6 Å². The smallest absolute Gasteiger partial charge is 0.258 e. The maximum absolute atomic E-state index is 13.1. The van der Waals surface area contributed by atoms with Crippen molar-refractivity contribution in [3.8, 4) is 0 Å². The predicted molar refractivity (Wildman–Crippen MR) is 89.1 cm³/mol. The Bertz CT molecular complexity index is 679. The molecular weight excluding hydrogens is 270 g/mol. The third-order valence-electron chi connectivity index (χ3n) is 5.17. The summed E-state index contributed by atoms with van der Waals surface area (Å²) < 4.78 is 0. The van der Waals surface area contributed by atoms with Crippen LogP contribution < -0.4 is 4.90 Å². The average Bonchev–Trinajstić information content (AvgIpc) is 2.60. The highest BCUT2D eigenvalue weighted by atomic mass is 16.2. The SMILES string of the molecule is O=C(c1ccccc1)N1c2ccccc2C[C@@H]2CCCC[C@@H]21. The fourth-order valence-corrected chi connectivity index (χ4v) is 4.13. The van der Waals surface area contributed by atoms with Crippen molar-refractivity contribution in [2.45, 2.75) is 38.1 Å². The van der Waals surface area contributed by atoms with Crippen molar-refractivity contribution < 1.29 is 4.79 Å². The van der Waals surface area contributed by atoms with Crippen LogP contribution in [0.25, 0.3) is 0 Å². The van der Waals surface area contributed by atoms with Crippen LogP contribution in [0.3, 0.4) is 0 Å². The van der Waals surface area contributed by atoms with Gasteiger partial charge >= 0.3 is 0 Å². The summed E-state index contributed by atoms with van der Waals surface area (Å²) in [6.07, 6.45) is 6.05. The Kier molecular flexibility index (Phi) is 3.45. The summed E-state index contributed by atoms with van der Waals surface area (Å²) >= 11 is 0. The van der Waals surface area contributed by atoms with Crippen molar-refractivity contribution in [3.63, 3.8) is 0 Å². The van der Waals surface area contributed by atoms with Crippen molar-refractivity contribution in [1.29, 1.82) is 0 Å². The standard InChI is InChI=1S/C20H21NO/c22-20(15-8-2-1-3-9-15)21-18-12-6-4-10-16(18)14-17-11-5-7-13-19(17)21/h1-4,6,8-10,12,17,19H,5,7,11,13-14H2/t17-,19-/m0/s1. The van der Waals surface area contributed by atoms with Crippen LogP contribution in [0.1, 0.15) is 41.6 Å². The molecule has 0 bridgehead atoms. The minimum absolute atomic E-state index is 0.157. The summed E-state index contributed by atoms with van der Waals surface area (Å²) in [5.41, 5.74) is 3.25. The first-order valence-corrected chi connectivity index (χ1v) is 8.31. The molecule has 1 aliphatic carbocycles. The van der Waals surface area contributed by atoms with Gasteiger partial charge in [0.2, 0.25) is 0 Å². The van der Waals surface area contributed by atoms with Gasteiger partial charge in [-0.25, -0.2) is 0 Å². The number of hydrogen-bond acceptors (Lipinski definition) is 1. The van der Waals surface area contributed by atoms with Gasteiger partial charge in [-0.1, -0.05) is 49.2 Å². The number of amides is 1. The molecule has 1 heterocycles. The molecule has 0 aromatic heterocycles. The van der Waals surface area contributed by atoms with Gasteiger partial charge in [0.05, 0.1) is 0 Å². The van der Waals surface area contributed by atoms with Crippen molar-refractivity contribution in [2.75, 3.05) is 4.90 Å². The Morgan fingerprint density at radius 2 is 1.64 bits per heavy atom. The predicted octanol–water partition coefficient (Wildman–Crippen LogP) is 4.45. The monoisotopic (exact) mass is 291 g/mol. The summed E-state index contributed by atoms with van der Waals surface area (Å²) in [4.78, 5) is 15.2. The van der Waals surface area contributed by atoms with Gasteiger partial charge in [-0.15, -0.1) is 0 Å². The zero-order chi connectivity index (χ0) is 14.9. The lowest BCUT2D eigenvalue weighted by Gasteiger charge is -2.45. The molecule has 0 N–H and O–H groups in total. The normalized spacial score (nSPS) is 23.5. The third kappa shape index (κ3) is 2.23. The van der Waals surface area contributed by atoms with Crippen LogP contribution in [0, 0.1) is 5.92 Å². The lowest BCUT2D eigenvalue weighted by atomic mass is 9.76. The minimum atomic E-state index is 0.157. The third-order valence-corrected chi connectivity index (χ3v) is 5.17. The molecule has 112 valence electrons. The van der Waals surface area contributed by atoms with E-state index in [4.69, 9.17) is 0 Å². The highest BCUT2D eigenvalue weighted by Gasteiger charge is 2.38. The lowest BCUT2D eigenvalue weighted by Crippen LogP contribution is -2.50. The molecule has 2 nitrogen and oxygen atoms in total. The molecule has 0 unspecified atom stereocenters. The van der Waals surface area contributed by atoms with Gasteiger partial charge in [-0.05, 0) is 48.9 Å². The molecule has 2 heteroatoms. The second-order valence-corrected chi connectivity index (χ2v) is 6.49. The van der Waals surface area contributed by atoms with Crippen LogP contribution in [-0.2, 0) is 6.42 Å². The van der Waals surface area contributed by atoms with Crippen molar-refractivity contribution in [3.05, 3.63) is 65.7 Å². The summed E-state index contributed by atoms with van der Waals surface area (Å²) in [7, 11) is 0. The van der Waals surface area contributed by atoms with Gasteiger partial charge in [0.1, 0.15) is 0 Å². The number of rotatable bonds is 1. The minimum Gasteiger partial charge on any atom is -0.305 e.